The maximum atomic E-state index is 3.34. The van der Waals surface area contributed by atoms with Gasteiger partial charge in [0.15, 0.2) is 0 Å². The first-order valence-corrected chi connectivity index (χ1v) is 6.47. The Labute approximate surface area is 111 Å². The van der Waals surface area contributed by atoms with Crippen molar-refractivity contribution in [1.29, 1.82) is 0 Å². The van der Waals surface area contributed by atoms with Crippen molar-refractivity contribution in [3.8, 4) is 11.1 Å². The van der Waals surface area contributed by atoms with Gasteiger partial charge in [0.05, 0.1) is 0 Å². The lowest BCUT2D eigenvalue weighted by Gasteiger charge is -2.01. The fraction of sp³-hybridized carbons (Fsp3) is 0.0588. The van der Waals surface area contributed by atoms with Crippen LogP contribution in [0.5, 0.6) is 0 Å². The molecule has 0 atom stereocenters. The van der Waals surface area contributed by atoms with E-state index in [9.17, 15) is 0 Å². The number of aromatic nitrogens is 2. The molecule has 2 nitrogen and oxygen atoms in total. The van der Waals surface area contributed by atoms with E-state index >= 15 is 0 Å². The molecule has 0 aliphatic rings. The van der Waals surface area contributed by atoms with Crippen LogP contribution in [0.25, 0.3) is 32.9 Å². The zero-order chi connectivity index (χ0) is 12.8. The molecule has 0 saturated carbocycles. The highest BCUT2D eigenvalue weighted by atomic mass is 14.7. The number of H-pyrrole nitrogens is 2. The highest BCUT2D eigenvalue weighted by molar-refractivity contribution is 5.98. The Bertz CT molecular complexity index is 880. The predicted octanol–water partition coefficient (Wildman–Crippen LogP) is 4.62. The number of hydrogen-bond donors (Lipinski definition) is 2. The monoisotopic (exact) mass is 246 g/mol. The minimum absolute atomic E-state index is 1.18. The SMILES string of the molecule is Cc1c[nH]c2ccc(-c3c[nH]c4ccccc34)cc12. The lowest BCUT2D eigenvalue weighted by molar-refractivity contribution is 1.43. The van der Waals surface area contributed by atoms with Crippen LogP contribution in [0.4, 0.5) is 0 Å². The molecule has 2 aromatic heterocycles. The third-order valence-corrected chi connectivity index (χ3v) is 3.79. The van der Waals surface area contributed by atoms with E-state index in [1.807, 2.05) is 0 Å². The molecule has 2 heterocycles. The van der Waals surface area contributed by atoms with Crippen molar-refractivity contribution >= 4 is 21.8 Å². The van der Waals surface area contributed by atoms with Gasteiger partial charge in [-0.25, -0.2) is 0 Å². The first kappa shape index (κ1) is 10.4. The number of para-hydroxylation sites is 1. The van der Waals surface area contributed by atoms with Crippen LogP contribution in [-0.4, -0.2) is 9.97 Å². The lowest BCUT2D eigenvalue weighted by Crippen LogP contribution is -1.77. The fourth-order valence-electron chi connectivity index (χ4n) is 2.74. The highest BCUT2D eigenvalue weighted by Gasteiger charge is 2.07. The van der Waals surface area contributed by atoms with Crippen LogP contribution in [0.3, 0.4) is 0 Å². The first-order valence-electron chi connectivity index (χ1n) is 6.47. The van der Waals surface area contributed by atoms with Gasteiger partial charge in [-0.05, 0) is 36.2 Å². The molecule has 2 N–H and O–H groups in total. The summed E-state index contributed by atoms with van der Waals surface area (Å²) < 4.78 is 0. The molecule has 0 bridgehead atoms. The summed E-state index contributed by atoms with van der Waals surface area (Å²) in [5.41, 5.74) is 6.19. The van der Waals surface area contributed by atoms with Gasteiger partial charge >= 0.3 is 0 Å². The van der Waals surface area contributed by atoms with Gasteiger partial charge in [-0.2, -0.15) is 0 Å². The van der Waals surface area contributed by atoms with Crippen molar-refractivity contribution in [1.82, 2.24) is 9.97 Å². The Morgan fingerprint density at radius 2 is 1.58 bits per heavy atom. The number of rotatable bonds is 1. The predicted molar refractivity (Wildman–Crippen MR) is 80.3 cm³/mol. The second-order valence-electron chi connectivity index (χ2n) is 4.98. The van der Waals surface area contributed by atoms with Crippen LogP contribution in [-0.2, 0) is 0 Å². The number of benzene rings is 2. The molecule has 0 saturated heterocycles. The van der Waals surface area contributed by atoms with E-state index in [4.69, 9.17) is 0 Å². The average molecular weight is 246 g/mol. The molecule has 0 radical (unpaired) electrons. The number of nitrogens with one attached hydrogen (secondary N) is 2. The van der Waals surface area contributed by atoms with Crippen molar-refractivity contribution in [3.63, 3.8) is 0 Å². The van der Waals surface area contributed by atoms with Crippen molar-refractivity contribution in [3.05, 3.63) is 60.4 Å². The van der Waals surface area contributed by atoms with Crippen LogP contribution in [0, 0.1) is 6.92 Å². The molecule has 0 fully saturated rings. The van der Waals surface area contributed by atoms with Crippen LogP contribution in [0.1, 0.15) is 5.56 Å². The molecule has 2 heteroatoms. The van der Waals surface area contributed by atoms with E-state index in [1.54, 1.807) is 0 Å². The summed E-state index contributed by atoms with van der Waals surface area (Å²) in [6.07, 6.45) is 4.15. The molecule has 0 aliphatic carbocycles. The molecule has 0 spiro atoms. The molecule has 4 rings (SSSR count). The molecule has 92 valence electrons. The van der Waals surface area contributed by atoms with Gasteiger partial charge in [-0.15, -0.1) is 0 Å². The largest absolute Gasteiger partial charge is 0.361 e. The van der Waals surface area contributed by atoms with Crippen LogP contribution < -0.4 is 0 Å². The minimum atomic E-state index is 1.18. The Hall–Kier alpha value is -2.48. The third kappa shape index (κ3) is 1.50. The summed E-state index contributed by atoms with van der Waals surface area (Å²) in [5, 5.41) is 2.57. The van der Waals surface area contributed by atoms with E-state index in [0.29, 0.717) is 0 Å². The molecule has 0 unspecified atom stereocenters. The van der Waals surface area contributed by atoms with Gasteiger partial charge in [0.2, 0.25) is 0 Å². The molecule has 19 heavy (non-hydrogen) atoms. The zero-order valence-electron chi connectivity index (χ0n) is 10.7. The van der Waals surface area contributed by atoms with Crippen LogP contribution in [0.2, 0.25) is 0 Å². The lowest BCUT2D eigenvalue weighted by atomic mass is 10.0. The van der Waals surface area contributed by atoms with E-state index < -0.39 is 0 Å². The van der Waals surface area contributed by atoms with Gasteiger partial charge in [0.1, 0.15) is 0 Å². The summed E-state index contributed by atoms with van der Waals surface area (Å²) in [6, 6.07) is 15.0. The van der Waals surface area contributed by atoms with Crippen molar-refractivity contribution in [2.75, 3.05) is 0 Å². The van der Waals surface area contributed by atoms with Crippen molar-refractivity contribution < 1.29 is 0 Å². The van der Waals surface area contributed by atoms with E-state index in [0.717, 1.165) is 0 Å². The normalized spacial score (nSPS) is 11.4. The zero-order valence-corrected chi connectivity index (χ0v) is 10.7. The van der Waals surface area contributed by atoms with E-state index in [1.165, 1.54) is 38.5 Å². The van der Waals surface area contributed by atoms with Gasteiger partial charge < -0.3 is 9.97 Å². The summed E-state index contributed by atoms with van der Waals surface area (Å²) in [5.74, 6) is 0. The van der Waals surface area contributed by atoms with Crippen molar-refractivity contribution in [2.45, 2.75) is 6.92 Å². The first-order chi connectivity index (χ1) is 9.33. The fourth-order valence-corrected chi connectivity index (χ4v) is 2.74. The molecule has 0 amide bonds. The standard InChI is InChI=1S/C17H14N2/c1-11-9-18-17-7-6-12(8-14(11)17)15-10-19-16-5-3-2-4-13(15)16/h2-10,18-19H,1H3. The number of fused-ring (bicyclic) bond motifs is 2. The Balaban J connectivity index is 2.01. The number of aromatic amines is 2. The Morgan fingerprint density at radius 3 is 2.53 bits per heavy atom. The van der Waals surface area contributed by atoms with Gasteiger partial charge in [0.25, 0.3) is 0 Å². The molecule has 2 aromatic carbocycles. The van der Waals surface area contributed by atoms with Gasteiger partial charge in [0, 0.05) is 39.8 Å². The molecular weight excluding hydrogens is 232 g/mol. The minimum Gasteiger partial charge on any atom is -0.361 e. The summed E-state index contributed by atoms with van der Waals surface area (Å²) in [4.78, 5) is 6.63. The Kier molecular flexibility index (Phi) is 2.06. The maximum absolute atomic E-state index is 3.34. The Morgan fingerprint density at radius 1 is 0.789 bits per heavy atom. The molecular formula is C17H14N2. The van der Waals surface area contributed by atoms with E-state index in [2.05, 4.69) is 71.7 Å². The summed E-state index contributed by atoms with van der Waals surface area (Å²) in [7, 11) is 0. The van der Waals surface area contributed by atoms with Crippen molar-refractivity contribution in [2.24, 2.45) is 0 Å². The number of aryl methyl sites for hydroxylation is 1. The topological polar surface area (TPSA) is 31.6 Å². The maximum Gasteiger partial charge on any atom is 0.0460 e. The number of hydrogen-bond acceptors (Lipinski definition) is 0. The van der Waals surface area contributed by atoms with Crippen LogP contribution in [0.15, 0.2) is 54.9 Å². The summed E-state index contributed by atoms with van der Waals surface area (Å²) in [6.45, 7) is 2.14. The quantitative estimate of drug-likeness (QED) is 0.491. The van der Waals surface area contributed by atoms with Gasteiger partial charge in [-0.1, -0.05) is 24.3 Å². The van der Waals surface area contributed by atoms with Crippen LogP contribution >= 0.6 is 0 Å². The summed E-state index contributed by atoms with van der Waals surface area (Å²) >= 11 is 0. The average Bonchev–Trinajstić information content (AvgIpc) is 3.03. The second kappa shape index (κ2) is 3.75. The second-order valence-corrected chi connectivity index (χ2v) is 4.98. The van der Waals surface area contributed by atoms with Gasteiger partial charge in [-0.3, -0.25) is 0 Å². The highest BCUT2D eigenvalue weighted by Crippen LogP contribution is 2.31. The smallest absolute Gasteiger partial charge is 0.0460 e. The third-order valence-electron chi connectivity index (χ3n) is 3.79. The van der Waals surface area contributed by atoms with E-state index in [-0.39, 0.29) is 0 Å². The molecule has 4 aromatic rings. The molecule has 0 aliphatic heterocycles.